The molecule has 1 aromatic rings. The van der Waals surface area contributed by atoms with Crippen molar-refractivity contribution in [2.45, 2.75) is 63.0 Å². The fraction of sp³-hybridized carbons (Fsp3) is 0.455. The topological polar surface area (TPSA) is 0 Å². The second-order valence-electron chi connectivity index (χ2n) is 6.87. The molecule has 143 valence electrons. The van der Waals surface area contributed by atoms with Crippen LogP contribution in [0, 0.1) is 0 Å². The summed E-state index contributed by atoms with van der Waals surface area (Å²) in [6.45, 7) is 9.41. The van der Waals surface area contributed by atoms with E-state index < -0.39 is 20.9 Å². The van der Waals surface area contributed by atoms with Gasteiger partial charge < -0.3 is 24.8 Å². The number of hydrogen-bond donors (Lipinski definition) is 0. The number of fused-ring (bicyclic) bond motifs is 1. The minimum Gasteiger partial charge on any atom is -1.00 e. The van der Waals surface area contributed by atoms with Gasteiger partial charge in [-0.15, -0.1) is 0 Å². The zero-order valence-corrected chi connectivity index (χ0v) is 22.1. The van der Waals surface area contributed by atoms with E-state index in [2.05, 4.69) is 75.9 Å². The van der Waals surface area contributed by atoms with Crippen LogP contribution in [0.15, 0.2) is 51.3 Å². The molecule has 0 saturated heterocycles. The van der Waals surface area contributed by atoms with Gasteiger partial charge in [-0.2, -0.15) is 0 Å². The van der Waals surface area contributed by atoms with E-state index in [1.807, 2.05) is 3.28 Å². The second kappa shape index (κ2) is 14.2. The summed E-state index contributed by atoms with van der Waals surface area (Å²) in [5, 5.41) is 0. The maximum absolute atomic E-state index is 2.54. The van der Waals surface area contributed by atoms with Crippen LogP contribution in [0.2, 0.25) is 6.55 Å². The predicted octanol–water partition coefficient (Wildman–Crippen LogP) is 0.333. The molecule has 4 heteroatoms. The Morgan fingerprint density at radius 3 is 2.27 bits per heavy atom. The van der Waals surface area contributed by atoms with E-state index in [4.69, 9.17) is 0 Å². The van der Waals surface area contributed by atoms with Crippen molar-refractivity contribution in [2.24, 2.45) is 0 Å². The van der Waals surface area contributed by atoms with Gasteiger partial charge in [-0.05, 0) is 0 Å². The van der Waals surface area contributed by atoms with Gasteiger partial charge >= 0.3 is 120 Å². The molecule has 1 atom stereocenters. The SMILES string of the molecule is CCCCCC.C[SiH2][Zr+2]([C]1=CC(C)=CC1)[CH]1C=Cc2ccccc21.[Cl-].[Cl-]. The monoisotopic (exact) mass is 485 g/mol. The van der Waals surface area contributed by atoms with Gasteiger partial charge in [-0.25, -0.2) is 0 Å². The van der Waals surface area contributed by atoms with Crippen molar-refractivity contribution < 1.29 is 45.7 Å². The number of halogens is 2. The van der Waals surface area contributed by atoms with E-state index >= 15 is 0 Å². The normalized spacial score (nSPS) is 16.8. The molecule has 0 spiro atoms. The molecular formula is C22H33Cl2SiZr. The van der Waals surface area contributed by atoms with Gasteiger partial charge in [0.15, 0.2) is 0 Å². The Morgan fingerprint density at radius 2 is 1.73 bits per heavy atom. The first-order valence-electron chi connectivity index (χ1n) is 9.71. The van der Waals surface area contributed by atoms with Gasteiger partial charge in [0.05, 0.1) is 0 Å². The summed E-state index contributed by atoms with van der Waals surface area (Å²) in [5.41, 5.74) is 4.61. The quantitative estimate of drug-likeness (QED) is 0.401. The van der Waals surface area contributed by atoms with Gasteiger partial charge in [0.2, 0.25) is 0 Å². The van der Waals surface area contributed by atoms with Crippen molar-refractivity contribution in [1.82, 2.24) is 0 Å². The molecule has 1 aromatic carbocycles. The van der Waals surface area contributed by atoms with E-state index in [9.17, 15) is 0 Å². The van der Waals surface area contributed by atoms with Gasteiger partial charge in [-0.3, -0.25) is 0 Å². The van der Waals surface area contributed by atoms with Crippen LogP contribution in [-0.2, 0) is 20.9 Å². The van der Waals surface area contributed by atoms with Crippen LogP contribution >= 0.6 is 0 Å². The molecule has 0 nitrogen and oxygen atoms in total. The molecule has 0 aromatic heterocycles. The summed E-state index contributed by atoms with van der Waals surface area (Å²) in [7, 11) is 0. The van der Waals surface area contributed by atoms with Crippen molar-refractivity contribution in [1.29, 1.82) is 0 Å². The van der Waals surface area contributed by atoms with Crippen molar-refractivity contribution in [3.8, 4) is 0 Å². The molecule has 2 aliphatic carbocycles. The molecular weight excluding hydrogens is 454 g/mol. The molecule has 0 amide bonds. The van der Waals surface area contributed by atoms with E-state index in [0.29, 0.717) is 0 Å². The van der Waals surface area contributed by atoms with Gasteiger partial charge in [0, 0.05) is 0 Å². The van der Waals surface area contributed by atoms with E-state index in [0.717, 1.165) is 3.63 Å². The number of hydrogen-bond acceptors (Lipinski definition) is 0. The summed E-state index contributed by atoms with van der Waals surface area (Å²) in [5.74, 6) is 0. The van der Waals surface area contributed by atoms with E-state index in [1.54, 1.807) is 5.56 Å². The van der Waals surface area contributed by atoms with E-state index in [1.165, 1.54) is 43.2 Å². The van der Waals surface area contributed by atoms with Crippen molar-refractivity contribution in [3.63, 3.8) is 0 Å². The molecule has 0 fully saturated rings. The molecule has 0 radical (unpaired) electrons. The molecule has 26 heavy (non-hydrogen) atoms. The first-order valence-corrected chi connectivity index (χ1v) is 19.7. The van der Waals surface area contributed by atoms with Crippen molar-refractivity contribution >= 4 is 12.7 Å². The van der Waals surface area contributed by atoms with Crippen LogP contribution in [0.1, 0.15) is 67.6 Å². The maximum atomic E-state index is 2.54. The third kappa shape index (κ3) is 7.27. The average molecular weight is 488 g/mol. The summed E-state index contributed by atoms with van der Waals surface area (Å²) in [6, 6.07) is 9.01. The van der Waals surface area contributed by atoms with Crippen molar-refractivity contribution in [2.75, 3.05) is 0 Å². The molecule has 0 bridgehead atoms. The Bertz CT molecular complexity index is 618. The molecule has 3 rings (SSSR count). The van der Waals surface area contributed by atoms with Crippen molar-refractivity contribution in [3.05, 3.63) is 62.5 Å². The number of rotatable bonds is 6. The molecule has 0 aliphatic heterocycles. The standard InChI is InChI=1S/C9H7.C6H7.C6H14.CH5Si.2ClH.Zr/c1-2-5-9-7-3-6-8(9)4-1;1-6-4-2-3-5-6;1-3-5-6-4-2;1-2;;;/h1-7H;4-5H,2H2,1H3;3-6H2,1-2H3;2H2,1H3;2*1H;/q;;;;;;+2/p-2. The summed E-state index contributed by atoms with van der Waals surface area (Å²) in [4.78, 5) is 0. The third-order valence-corrected chi connectivity index (χ3v) is 22.6. The van der Waals surface area contributed by atoms with Gasteiger partial charge in [0.1, 0.15) is 0 Å². The number of benzene rings is 1. The fourth-order valence-corrected chi connectivity index (χ4v) is 19.9. The Kier molecular flexibility index (Phi) is 14.2. The smallest absolute Gasteiger partial charge is 1.00 e. The first kappa shape index (κ1) is 26.1. The van der Waals surface area contributed by atoms with Crippen LogP contribution in [0.4, 0.5) is 0 Å². The zero-order chi connectivity index (χ0) is 17.4. The Labute approximate surface area is 182 Å². The summed E-state index contributed by atoms with van der Waals surface area (Å²) >= 11 is -1.37. The van der Waals surface area contributed by atoms with Gasteiger partial charge in [0.25, 0.3) is 0 Å². The second-order valence-corrected chi connectivity index (χ2v) is 23.0. The summed E-state index contributed by atoms with van der Waals surface area (Å²) in [6.07, 6.45) is 16.6. The Morgan fingerprint density at radius 1 is 1.08 bits per heavy atom. The maximum Gasteiger partial charge on any atom is -1.00 e. The molecule has 0 N–H and O–H groups in total. The third-order valence-electron chi connectivity index (χ3n) is 4.97. The fourth-order valence-electron chi connectivity index (χ4n) is 3.59. The van der Waals surface area contributed by atoms with Crippen LogP contribution in [0.25, 0.3) is 6.08 Å². The largest absolute Gasteiger partial charge is 1.00 e. The van der Waals surface area contributed by atoms with Crippen LogP contribution in [-0.4, -0.2) is 6.65 Å². The minimum atomic E-state index is -1.37. The Balaban J connectivity index is 0.000000687. The van der Waals surface area contributed by atoms with Crippen LogP contribution in [0.3, 0.4) is 0 Å². The first-order chi connectivity index (χ1) is 11.7. The zero-order valence-electron chi connectivity index (χ0n) is 16.7. The van der Waals surface area contributed by atoms with Gasteiger partial charge in [-0.1, -0.05) is 39.5 Å². The number of allylic oxidation sites excluding steroid dienone is 5. The van der Waals surface area contributed by atoms with E-state index in [-0.39, 0.29) is 31.5 Å². The molecule has 2 aliphatic rings. The van der Waals surface area contributed by atoms with Crippen LogP contribution in [0.5, 0.6) is 0 Å². The minimum absolute atomic E-state index is 0. The average Bonchev–Trinajstić information content (AvgIpc) is 3.22. The molecule has 1 unspecified atom stereocenters. The molecule has 0 saturated carbocycles. The number of unbranched alkanes of at least 4 members (excludes halogenated alkanes) is 3. The van der Waals surface area contributed by atoms with Crippen LogP contribution < -0.4 is 24.8 Å². The summed E-state index contributed by atoms with van der Waals surface area (Å²) < 4.78 is 2.71. The molecule has 0 heterocycles. The predicted molar refractivity (Wildman–Crippen MR) is 109 cm³/mol. The Hall–Kier alpha value is 0.120.